The van der Waals surface area contributed by atoms with Gasteiger partial charge in [0.1, 0.15) is 4.34 Å². The summed E-state index contributed by atoms with van der Waals surface area (Å²) in [5, 5.41) is 5.75. The second-order valence-corrected chi connectivity index (χ2v) is 8.76. The third kappa shape index (κ3) is 5.19. The quantitative estimate of drug-likeness (QED) is 0.601. The SMILES string of the molecule is O=C1CC[C@H](CNC2CCCCCC2)N1CCSc1nccs1. The molecule has 128 valence electrons. The molecule has 1 saturated heterocycles. The lowest BCUT2D eigenvalue weighted by molar-refractivity contribution is -0.128. The summed E-state index contributed by atoms with van der Waals surface area (Å²) in [6, 6.07) is 1.06. The lowest BCUT2D eigenvalue weighted by atomic mass is 10.1. The van der Waals surface area contributed by atoms with E-state index in [1.54, 1.807) is 23.1 Å². The average molecular weight is 354 g/mol. The van der Waals surface area contributed by atoms with Crippen molar-refractivity contribution < 1.29 is 4.79 Å². The highest BCUT2D eigenvalue weighted by Crippen LogP contribution is 2.24. The van der Waals surface area contributed by atoms with E-state index in [2.05, 4.69) is 15.2 Å². The van der Waals surface area contributed by atoms with E-state index in [-0.39, 0.29) is 0 Å². The normalized spacial score (nSPS) is 23.4. The van der Waals surface area contributed by atoms with Gasteiger partial charge in [0.25, 0.3) is 0 Å². The highest BCUT2D eigenvalue weighted by Gasteiger charge is 2.30. The summed E-state index contributed by atoms with van der Waals surface area (Å²) in [6.07, 6.45) is 11.7. The van der Waals surface area contributed by atoms with Gasteiger partial charge in [-0.15, -0.1) is 11.3 Å². The first kappa shape index (κ1) is 17.2. The molecule has 1 saturated carbocycles. The van der Waals surface area contributed by atoms with Gasteiger partial charge in [-0.2, -0.15) is 0 Å². The first-order valence-electron chi connectivity index (χ1n) is 8.88. The van der Waals surface area contributed by atoms with Crippen LogP contribution in [-0.4, -0.2) is 46.7 Å². The van der Waals surface area contributed by atoms with Gasteiger partial charge in [-0.1, -0.05) is 37.4 Å². The fraction of sp³-hybridized carbons (Fsp3) is 0.765. The molecule has 4 nitrogen and oxygen atoms in total. The maximum atomic E-state index is 12.2. The fourth-order valence-electron chi connectivity index (χ4n) is 3.61. The molecular formula is C17H27N3OS2. The van der Waals surface area contributed by atoms with Crippen molar-refractivity contribution in [1.29, 1.82) is 0 Å². The Labute approximate surface area is 147 Å². The number of likely N-dealkylation sites (tertiary alicyclic amines) is 1. The maximum absolute atomic E-state index is 12.2. The summed E-state index contributed by atoms with van der Waals surface area (Å²) in [6.45, 7) is 1.82. The Morgan fingerprint density at radius 3 is 2.83 bits per heavy atom. The second kappa shape index (κ2) is 9.04. The summed E-state index contributed by atoms with van der Waals surface area (Å²) >= 11 is 3.43. The van der Waals surface area contributed by atoms with Crippen molar-refractivity contribution in [3.63, 3.8) is 0 Å². The number of hydrogen-bond acceptors (Lipinski definition) is 5. The minimum atomic E-state index is 0.331. The van der Waals surface area contributed by atoms with Crippen LogP contribution in [0.4, 0.5) is 0 Å². The molecule has 1 aliphatic carbocycles. The Morgan fingerprint density at radius 2 is 2.09 bits per heavy atom. The maximum Gasteiger partial charge on any atom is 0.222 e. The van der Waals surface area contributed by atoms with Crippen LogP contribution in [0.1, 0.15) is 51.4 Å². The van der Waals surface area contributed by atoms with Crippen molar-refractivity contribution in [2.45, 2.75) is 67.8 Å². The number of aromatic nitrogens is 1. The van der Waals surface area contributed by atoms with Crippen molar-refractivity contribution in [2.75, 3.05) is 18.8 Å². The van der Waals surface area contributed by atoms with Gasteiger partial charge in [-0.25, -0.2) is 4.98 Å². The monoisotopic (exact) mass is 353 g/mol. The molecule has 1 atom stereocenters. The van der Waals surface area contributed by atoms with Gasteiger partial charge in [0.05, 0.1) is 0 Å². The van der Waals surface area contributed by atoms with Gasteiger partial charge in [0.15, 0.2) is 0 Å². The van der Waals surface area contributed by atoms with E-state index < -0.39 is 0 Å². The van der Waals surface area contributed by atoms with Gasteiger partial charge in [-0.05, 0) is 19.3 Å². The van der Waals surface area contributed by atoms with Gasteiger partial charge >= 0.3 is 0 Å². The Bertz CT molecular complexity index is 472. The molecule has 1 aromatic heterocycles. The van der Waals surface area contributed by atoms with E-state index in [9.17, 15) is 4.79 Å². The Hall–Kier alpha value is -0.590. The predicted octanol–water partition coefficient (Wildman–Crippen LogP) is 3.54. The standard InChI is InChI=1S/C17H27N3OS2/c21-16-8-7-15(13-19-14-5-3-1-2-4-6-14)20(16)10-12-23-17-18-9-11-22-17/h9,11,14-15,19H,1-8,10,12-13H2/t15-/m1/s1. The van der Waals surface area contributed by atoms with E-state index in [0.717, 1.165) is 36.0 Å². The molecule has 0 aromatic carbocycles. The smallest absolute Gasteiger partial charge is 0.222 e. The molecule has 3 rings (SSSR count). The number of nitrogens with one attached hydrogen (secondary N) is 1. The minimum absolute atomic E-state index is 0.331. The van der Waals surface area contributed by atoms with Crippen LogP contribution in [0.3, 0.4) is 0 Å². The fourth-order valence-corrected chi connectivity index (χ4v) is 5.26. The molecule has 0 radical (unpaired) electrons. The number of thiazole rings is 1. The lowest BCUT2D eigenvalue weighted by Crippen LogP contribution is -2.43. The van der Waals surface area contributed by atoms with Crippen molar-refractivity contribution in [1.82, 2.24) is 15.2 Å². The molecule has 2 fully saturated rings. The number of nitrogens with zero attached hydrogens (tertiary/aromatic N) is 2. The molecule has 23 heavy (non-hydrogen) atoms. The second-order valence-electron chi connectivity index (χ2n) is 6.52. The molecule has 6 heteroatoms. The van der Waals surface area contributed by atoms with Crippen LogP contribution < -0.4 is 5.32 Å². The van der Waals surface area contributed by atoms with Crippen LogP contribution in [0.25, 0.3) is 0 Å². The number of amides is 1. The number of rotatable bonds is 7. The van der Waals surface area contributed by atoms with E-state index in [4.69, 9.17) is 0 Å². The summed E-state index contributed by atoms with van der Waals surface area (Å²) < 4.78 is 1.10. The van der Waals surface area contributed by atoms with Crippen molar-refractivity contribution in [3.8, 4) is 0 Å². The molecule has 1 aromatic rings. The molecule has 0 bridgehead atoms. The van der Waals surface area contributed by atoms with Crippen LogP contribution in [0.2, 0.25) is 0 Å². The molecule has 2 heterocycles. The summed E-state index contributed by atoms with van der Waals surface area (Å²) in [7, 11) is 0. The lowest BCUT2D eigenvalue weighted by Gasteiger charge is -2.27. The molecule has 0 spiro atoms. The number of hydrogen-bond donors (Lipinski definition) is 1. The summed E-state index contributed by atoms with van der Waals surface area (Å²) in [4.78, 5) is 18.6. The molecule has 1 amide bonds. The van der Waals surface area contributed by atoms with Crippen molar-refractivity contribution in [3.05, 3.63) is 11.6 Å². The van der Waals surface area contributed by atoms with E-state index in [1.807, 2.05) is 11.6 Å². The van der Waals surface area contributed by atoms with Gasteiger partial charge < -0.3 is 10.2 Å². The zero-order valence-electron chi connectivity index (χ0n) is 13.7. The molecule has 1 aliphatic heterocycles. The Balaban J connectivity index is 1.42. The zero-order valence-corrected chi connectivity index (χ0v) is 15.3. The first-order chi connectivity index (χ1) is 11.3. The van der Waals surface area contributed by atoms with Gasteiger partial charge in [0, 0.05) is 48.9 Å². The molecule has 2 aliphatic rings. The number of thioether (sulfide) groups is 1. The molecule has 0 unspecified atom stereocenters. The molecule has 1 N–H and O–H groups in total. The summed E-state index contributed by atoms with van der Waals surface area (Å²) in [5.41, 5.74) is 0. The minimum Gasteiger partial charge on any atom is -0.338 e. The topological polar surface area (TPSA) is 45.2 Å². The van der Waals surface area contributed by atoms with Crippen LogP contribution in [-0.2, 0) is 4.79 Å². The Kier molecular flexibility index (Phi) is 6.78. The van der Waals surface area contributed by atoms with Crippen LogP contribution >= 0.6 is 23.1 Å². The molecular weight excluding hydrogens is 326 g/mol. The van der Waals surface area contributed by atoms with E-state index in [1.165, 1.54) is 38.5 Å². The largest absolute Gasteiger partial charge is 0.338 e. The number of carbonyl (C=O) groups is 1. The van der Waals surface area contributed by atoms with Crippen LogP contribution in [0.5, 0.6) is 0 Å². The third-order valence-electron chi connectivity index (χ3n) is 4.92. The Morgan fingerprint density at radius 1 is 1.26 bits per heavy atom. The predicted molar refractivity (Wildman–Crippen MR) is 97.1 cm³/mol. The highest BCUT2D eigenvalue weighted by atomic mass is 32.2. The average Bonchev–Trinajstić information content (AvgIpc) is 3.10. The van der Waals surface area contributed by atoms with Crippen molar-refractivity contribution in [2.24, 2.45) is 0 Å². The van der Waals surface area contributed by atoms with Gasteiger partial charge in [-0.3, -0.25) is 4.79 Å². The summed E-state index contributed by atoms with van der Waals surface area (Å²) in [5.74, 6) is 1.27. The first-order valence-corrected chi connectivity index (χ1v) is 10.7. The van der Waals surface area contributed by atoms with Crippen LogP contribution in [0, 0.1) is 0 Å². The van der Waals surface area contributed by atoms with Crippen molar-refractivity contribution >= 4 is 29.0 Å². The highest BCUT2D eigenvalue weighted by molar-refractivity contribution is 8.01. The van der Waals surface area contributed by atoms with E-state index in [0.29, 0.717) is 18.0 Å². The van der Waals surface area contributed by atoms with E-state index >= 15 is 0 Å². The van der Waals surface area contributed by atoms with Crippen LogP contribution in [0.15, 0.2) is 15.9 Å². The number of carbonyl (C=O) groups excluding carboxylic acids is 1. The van der Waals surface area contributed by atoms with Gasteiger partial charge in [0.2, 0.25) is 5.91 Å². The third-order valence-corrected chi connectivity index (χ3v) is 6.86. The zero-order chi connectivity index (χ0) is 15.9.